The maximum Gasteiger partial charge on any atom is 0.236 e. The first-order valence-corrected chi connectivity index (χ1v) is 8.35. The summed E-state index contributed by atoms with van der Waals surface area (Å²) >= 11 is 0. The molecule has 124 valence electrons. The van der Waals surface area contributed by atoms with E-state index < -0.39 is 0 Å². The van der Waals surface area contributed by atoms with Crippen LogP contribution in [-0.2, 0) is 9.53 Å². The minimum absolute atomic E-state index is 0.0488. The van der Waals surface area contributed by atoms with Gasteiger partial charge in [-0.2, -0.15) is 0 Å². The van der Waals surface area contributed by atoms with Gasteiger partial charge in [-0.1, -0.05) is 19.3 Å². The fraction of sp³-hybridized carbons (Fsp3) is 0.938. The topological polar surface area (TPSA) is 53.6 Å². The van der Waals surface area contributed by atoms with E-state index >= 15 is 0 Å². The molecule has 1 saturated carbocycles. The van der Waals surface area contributed by atoms with Crippen molar-refractivity contribution < 1.29 is 9.53 Å². The van der Waals surface area contributed by atoms with Crippen molar-refractivity contribution in [3.05, 3.63) is 0 Å². The van der Waals surface area contributed by atoms with E-state index in [1.165, 1.54) is 32.1 Å². The number of hydrogen-bond acceptors (Lipinski definition) is 4. The number of methoxy groups -OCH3 is 1. The van der Waals surface area contributed by atoms with Gasteiger partial charge in [-0.25, -0.2) is 0 Å². The van der Waals surface area contributed by atoms with Gasteiger partial charge < -0.3 is 20.3 Å². The van der Waals surface area contributed by atoms with Crippen LogP contribution in [0.4, 0.5) is 0 Å². The van der Waals surface area contributed by atoms with Crippen molar-refractivity contribution in [3.8, 4) is 0 Å². The maximum absolute atomic E-state index is 11.8. The summed E-state index contributed by atoms with van der Waals surface area (Å²) in [4.78, 5) is 14.2. The first kappa shape index (κ1) is 18.4. The molecule has 0 radical (unpaired) electrons. The second-order valence-electron chi connectivity index (χ2n) is 6.09. The van der Waals surface area contributed by atoms with Crippen molar-refractivity contribution in [2.75, 3.05) is 40.4 Å². The van der Waals surface area contributed by atoms with Crippen LogP contribution in [-0.4, -0.2) is 63.3 Å². The number of carbonyl (C=O) groups is 1. The molecule has 1 amide bonds. The second kappa shape index (κ2) is 11.0. The van der Waals surface area contributed by atoms with Gasteiger partial charge in [-0.05, 0) is 46.3 Å². The van der Waals surface area contributed by atoms with Crippen molar-refractivity contribution in [2.24, 2.45) is 0 Å². The standard InChI is InChI=1S/C16H33N3O2/c1-14(16(20)18-11-13-21-3)17-10-7-12-19(2)15-8-5-4-6-9-15/h14-15,17H,4-13H2,1-3H3,(H,18,20). The summed E-state index contributed by atoms with van der Waals surface area (Å²) in [7, 11) is 3.87. The Morgan fingerprint density at radius 2 is 2.00 bits per heavy atom. The molecule has 1 aliphatic carbocycles. The third-order valence-electron chi connectivity index (χ3n) is 4.33. The van der Waals surface area contributed by atoms with E-state index in [0.717, 1.165) is 25.6 Å². The average Bonchev–Trinajstić information content (AvgIpc) is 2.52. The lowest BCUT2D eigenvalue weighted by Gasteiger charge is -2.31. The largest absolute Gasteiger partial charge is 0.383 e. The van der Waals surface area contributed by atoms with Crippen LogP contribution >= 0.6 is 0 Å². The zero-order valence-corrected chi connectivity index (χ0v) is 14.0. The van der Waals surface area contributed by atoms with Gasteiger partial charge >= 0.3 is 0 Å². The second-order valence-corrected chi connectivity index (χ2v) is 6.09. The fourth-order valence-electron chi connectivity index (χ4n) is 2.87. The monoisotopic (exact) mass is 299 g/mol. The average molecular weight is 299 g/mol. The van der Waals surface area contributed by atoms with Crippen molar-refractivity contribution in [1.29, 1.82) is 0 Å². The van der Waals surface area contributed by atoms with E-state index in [4.69, 9.17) is 4.74 Å². The van der Waals surface area contributed by atoms with Gasteiger partial charge in [0.05, 0.1) is 12.6 Å². The fourth-order valence-corrected chi connectivity index (χ4v) is 2.87. The highest BCUT2D eigenvalue weighted by molar-refractivity contribution is 5.81. The summed E-state index contributed by atoms with van der Waals surface area (Å²) in [5, 5.41) is 6.14. The molecule has 5 heteroatoms. The summed E-state index contributed by atoms with van der Waals surface area (Å²) in [6.07, 6.45) is 7.95. The molecule has 1 rings (SSSR count). The number of carbonyl (C=O) groups excluding carboxylic acids is 1. The van der Waals surface area contributed by atoms with Gasteiger partial charge in [0.15, 0.2) is 0 Å². The van der Waals surface area contributed by atoms with E-state index in [-0.39, 0.29) is 11.9 Å². The van der Waals surface area contributed by atoms with Crippen molar-refractivity contribution in [3.63, 3.8) is 0 Å². The number of amides is 1. The van der Waals surface area contributed by atoms with Crippen LogP contribution in [0.1, 0.15) is 45.4 Å². The molecule has 2 N–H and O–H groups in total. The Labute approximate surface area is 129 Å². The lowest BCUT2D eigenvalue weighted by atomic mass is 9.94. The molecular weight excluding hydrogens is 266 g/mol. The first-order chi connectivity index (χ1) is 10.1. The Hall–Kier alpha value is -0.650. The van der Waals surface area contributed by atoms with Crippen LogP contribution in [0.25, 0.3) is 0 Å². The normalized spacial score (nSPS) is 17.9. The van der Waals surface area contributed by atoms with E-state index in [9.17, 15) is 4.79 Å². The maximum atomic E-state index is 11.8. The molecule has 21 heavy (non-hydrogen) atoms. The Morgan fingerprint density at radius 3 is 2.67 bits per heavy atom. The van der Waals surface area contributed by atoms with Crippen LogP contribution in [0.15, 0.2) is 0 Å². The Kier molecular flexibility index (Phi) is 9.63. The van der Waals surface area contributed by atoms with Gasteiger partial charge in [-0.15, -0.1) is 0 Å². The highest BCUT2D eigenvalue weighted by Gasteiger charge is 2.17. The van der Waals surface area contributed by atoms with E-state index in [2.05, 4.69) is 22.6 Å². The van der Waals surface area contributed by atoms with Gasteiger partial charge in [0.2, 0.25) is 5.91 Å². The lowest BCUT2D eigenvalue weighted by molar-refractivity contribution is -0.122. The number of nitrogens with one attached hydrogen (secondary N) is 2. The van der Waals surface area contributed by atoms with Crippen LogP contribution in [0, 0.1) is 0 Å². The molecule has 1 unspecified atom stereocenters. The summed E-state index contributed by atoms with van der Waals surface area (Å²) in [6.45, 7) is 5.04. The molecule has 0 aromatic rings. The van der Waals surface area contributed by atoms with Crippen molar-refractivity contribution in [1.82, 2.24) is 15.5 Å². The molecule has 0 aliphatic heterocycles. The van der Waals surface area contributed by atoms with E-state index in [0.29, 0.717) is 13.2 Å². The third-order valence-corrected chi connectivity index (χ3v) is 4.33. The summed E-state index contributed by atoms with van der Waals surface area (Å²) in [5.74, 6) is 0.0488. The van der Waals surface area contributed by atoms with E-state index in [1.54, 1.807) is 7.11 Å². The van der Waals surface area contributed by atoms with Crippen molar-refractivity contribution >= 4 is 5.91 Å². The molecule has 0 saturated heterocycles. The molecule has 0 heterocycles. The van der Waals surface area contributed by atoms with Crippen LogP contribution in [0.3, 0.4) is 0 Å². The number of hydrogen-bond donors (Lipinski definition) is 2. The molecule has 1 fully saturated rings. The van der Waals surface area contributed by atoms with Crippen LogP contribution < -0.4 is 10.6 Å². The minimum Gasteiger partial charge on any atom is -0.383 e. The Bertz CT molecular complexity index is 281. The van der Waals surface area contributed by atoms with E-state index in [1.807, 2.05) is 6.92 Å². The number of nitrogens with zero attached hydrogens (tertiary/aromatic N) is 1. The predicted molar refractivity (Wildman–Crippen MR) is 86.5 cm³/mol. The number of ether oxygens (including phenoxy) is 1. The molecular formula is C16H33N3O2. The zero-order chi connectivity index (χ0) is 15.5. The van der Waals surface area contributed by atoms with Crippen LogP contribution in [0.5, 0.6) is 0 Å². The minimum atomic E-state index is -0.137. The molecule has 0 spiro atoms. The van der Waals surface area contributed by atoms with Crippen LogP contribution in [0.2, 0.25) is 0 Å². The first-order valence-electron chi connectivity index (χ1n) is 8.35. The quantitative estimate of drug-likeness (QED) is 0.599. The number of rotatable bonds is 10. The molecule has 0 aromatic heterocycles. The summed E-state index contributed by atoms with van der Waals surface area (Å²) in [6, 6.07) is 0.635. The predicted octanol–water partition coefficient (Wildman–Crippen LogP) is 1.38. The van der Waals surface area contributed by atoms with Crippen molar-refractivity contribution in [2.45, 2.75) is 57.5 Å². The third kappa shape index (κ3) is 7.79. The molecule has 5 nitrogen and oxygen atoms in total. The van der Waals surface area contributed by atoms with Gasteiger partial charge in [-0.3, -0.25) is 4.79 Å². The highest BCUT2D eigenvalue weighted by Crippen LogP contribution is 2.21. The smallest absolute Gasteiger partial charge is 0.236 e. The highest BCUT2D eigenvalue weighted by atomic mass is 16.5. The summed E-state index contributed by atoms with van der Waals surface area (Å²) < 4.78 is 4.91. The molecule has 1 aliphatic rings. The molecule has 1 atom stereocenters. The Balaban J connectivity index is 2.05. The Morgan fingerprint density at radius 1 is 1.29 bits per heavy atom. The van der Waals surface area contributed by atoms with Gasteiger partial charge in [0, 0.05) is 19.7 Å². The zero-order valence-electron chi connectivity index (χ0n) is 14.0. The lowest BCUT2D eigenvalue weighted by Crippen LogP contribution is -2.44. The summed E-state index contributed by atoms with van der Waals surface area (Å²) in [5.41, 5.74) is 0. The van der Waals surface area contributed by atoms with Gasteiger partial charge in [0.25, 0.3) is 0 Å². The SMILES string of the molecule is COCCNC(=O)C(C)NCCCN(C)C1CCCCC1. The molecule has 0 aromatic carbocycles. The molecule has 0 bridgehead atoms. The van der Waals surface area contributed by atoms with Gasteiger partial charge in [0.1, 0.15) is 0 Å².